The number of methoxy groups -OCH3 is 1. The minimum Gasteiger partial charge on any atom is -0.490 e. The van der Waals surface area contributed by atoms with Crippen LogP contribution in [0.1, 0.15) is 12.8 Å². The summed E-state index contributed by atoms with van der Waals surface area (Å²) in [6, 6.07) is 10.8. The molecular weight excluding hydrogens is 485 g/mol. The lowest BCUT2D eigenvalue weighted by Gasteiger charge is -2.50. The van der Waals surface area contributed by atoms with E-state index in [4.69, 9.17) is 9.47 Å². The molecule has 1 aliphatic rings. The van der Waals surface area contributed by atoms with Crippen molar-refractivity contribution >= 4 is 34.0 Å². The van der Waals surface area contributed by atoms with Crippen molar-refractivity contribution in [3.05, 3.63) is 72.3 Å². The third-order valence-electron chi connectivity index (χ3n) is 6.43. The number of hydrogen-bond acceptors (Lipinski definition) is 8. The third-order valence-corrected chi connectivity index (χ3v) is 6.43. The van der Waals surface area contributed by atoms with E-state index in [0.717, 1.165) is 36.9 Å². The zero-order chi connectivity index (χ0) is 26.2. The highest BCUT2D eigenvalue weighted by molar-refractivity contribution is 5.82. The highest BCUT2D eigenvalue weighted by Gasteiger charge is 2.48. The first-order valence-electron chi connectivity index (χ1n) is 11.6. The Bertz CT molecular complexity index is 1430. The van der Waals surface area contributed by atoms with Crippen molar-refractivity contribution in [3.63, 3.8) is 0 Å². The molecule has 2 N–H and O–H groups in total. The SMILES string of the molecule is COC1(N(C)C)CC(Oc2ccc(Nc3ncc(F)c(Nc4cnc5cc(F)c(F)cc5c4)n3)cc2)C1. The number of hydrogen-bond donors (Lipinski definition) is 2. The van der Waals surface area contributed by atoms with Gasteiger partial charge in [-0.3, -0.25) is 9.88 Å². The van der Waals surface area contributed by atoms with Gasteiger partial charge in [0.25, 0.3) is 0 Å². The summed E-state index contributed by atoms with van der Waals surface area (Å²) in [6.45, 7) is 0. The zero-order valence-corrected chi connectivity index (χ0v) is 20.4. The summed E-state index contributed by atoms with van der Waals surface area (Å²) in [4.78, 5) is 14.3. The quantitative estimate of drug-likeness (QED) is 0.306. The normalized spacial score (nSPS) is 19.1. The zero-order valence-electron chi connectivity index (χ0n) is 20.4. The number of anilines is 4. The minimum absolute atomic E-state index is 0.0651. The van der Waals surface area contributed by atoms with E-state index in [2.05, 4.69) is 30.5 Å². The van der Waals surface area contributed by atoms with Crippen LogP contribution in [-0.2, 0) is 4.74 Å². The summed E-state index contributed by atoms with van der Waals surface area (Å²) in [5.74, 6) is -1.89. The molecule has 1 fully saturated rings. The van der Waals surface area contributed by atoms with E-state index in [0.29, 0.717) is 16.8 Å². The summed E-state index contributed by atoms with van der Waals surface area (Å²) in [5.41, 5.74) is 1.03. The van der Waals surface area contributed by atoms with E-state index in [-0.39, 0.29) is 29.1 Å². The molecule has 4 aromatic rings. The second-order valence-electron chi connectivity index (χ2n) is 9.04. The molecule has 11 heteroatoms. The number of pyridine rings is 1. The van der Waals surface area contributed by atoms with Crippen molar-refractivity contribution in [1.82, 2.24) is 19.9 Å². The van der Waals surface area contributed by atoms with Crippen molar-refractivity contribution < 1.29 is 22.6 Å². The first-order valence-corrected chi connectivity index (χ1v) is 11.6. The monoisotopic (exact) mass is 510 g/mol. The fourth-order valence-electron chi connectivity index (χ4n) is 4.23. The highest BCUT2D eigenvalue weighted by atomic mass is 19.2. The van der Waals surface area contributed by atoms with Crippen LogP contribution >= 0.6 is 0 Å². The van der Waals surface area contributed by atoms with E-state index in [1.54, 1.807) is 7.11 Å². The largest absolute Gasteiger partial charge is 0.490 e. The maximum Gasteiger partial charge on any atom is 0.229 e. The predicted octanol–water partition coefficient (Wildman–Crippen LogP) is 5.37. The minimum atomic E-state index is -0.994. The van der Waals surface area contributed by atoms with E-state index in [9.17, 15) is 13.2 Å². The molecule has 0 radical (unpaired) electrons. The van der Waals surface area contributed by atoms with Gasteiger partial charge in [0.2, 0.25) is 5.95 Å². The van der Waals surface area contributed by atoms with Gasteiger partial charge in [0.15, 0.2) is 23.3 Å². The lowest BCUT2D eigenvalue weighted by molar-refractivity contribution is -0.204. The number of ether oxygens (including phenoxy) is 2. The Kier molecular flexibility index (Phi) is 6.57. The Morgan fingerprint density at radius 2 is 1.62 bits per heavy atom. The maximum atomic E-state index is 14.4. The average molecular weight is 511 g/mol. The Balaban J connectivity index is 1.24. The molecule has 37 heavy (non-hydrogen) atoms. The maximum absolute atomic E-state index is 14.4. The summed E-state index contributed by atoms with van der Waals surface area (Å²) >= 11 is 0. The van der Waals surface area contributed by atoms with Crippen molar-refractivity contribution in [2.75, 3.05) is 31.8 Å². The van der Waals surface area contributed by atoms with Gasteiger partial charge in [-0.25, -0.2) is 18.2 Å². The fraction of sp³-hybridized carbons (Fsp3) is 0.269. The van der Waals surface area contributed by atoms with Gasteiger partial charge in [0.1, 0.15) is 17.6 Å². The van der Waals surface area contributed by atoms with E-state index < -0.39 is 17.5 Å². The molecule has 0 bridgehead atoms. The smallest absolute Gasteiger partial charge is 0.229 e. The molecule has 5 rings (SSSR count). The second-order valence-corrected chi connectivity index (χ2v) is 9.04. The van der Waals surface area contributed by atoms with Gasteiger partial charge in [-0.2, -0.15) is 4.98 Å². The number of benzene rings is 2. The molecule has 0 saturated heterocycles. The lowest BCUT2D eigenvalue weighted by Crippen LogP contribution is -2.59. The molecule has 0 unspecified atom stereocenters. The Morgan fingerprint density at radius 1 is 0.892 bits per heavy atom. The molecule has 2 aromatic carbocycles. The first kappa shape index (κ1) is 24.7. The van der Waals surface area contributed by atoms with Crippen LogP contribution in [0.2, 0.25) is 0 Å². The van der Waals surface area contributed by atoms with Gasteiger partial charge in [-0.15, -0.1) is 0 Å². The predicted molar refractivity (Wildman–Crippen MR) is 134 cm³/mol. The Morgan fingerprint density at radius 3 is 2.32 bits per heavy atom. The number of halogens is 3. The molecule has 192 valence electrons. The van der Waals surface area contributed by atoms with Crippen molar-refractivity contribution in [2.24, 2.45) is 0 Å². The molecule has 8 nitrogen and oxygen atoms in total. The summed E-state index contributed by atoms with van der Waals surface area (Å²) < 4.78 is 53.1. The van der Waals surface area contributed by atoms with Crippen LogP contribution in [0.15, 0.2) is 54.9 Å². The number of fused-ring (bicyclic) bond motifs is 1. The molecule has 0 amide bonds. The van der Waals surface area contributed by atoms with Crippen LogP contribution in [-0.4, -0.2) is 52.9 Å². The summed E-state index contributed by atoms with van der Waals surface area (Å²) in [6.07, 6.45) is 4.02. The number of aromatic nitrogens is 3. The van der Waals surface area contributed by atoms with E-state index in [1.807, 2.05) is 38.4 Å². The Labute approximate surface area is 211 Å². The van der Waals surface area contributed by atoms with Crippen molar-refractivity contribution in [1.29, 1.82) is 0 Å². The topological polar surface area (TPSA) is 84.4 Å². The molecule has 2 heterocycles. The van der Waals surface area contributed by atoms with Crippen LogP contribution < -0.4 is 15.4 Å². The van der Waals surface area contributed by atoms with Crippen molar-refractivity contribution in [3.8, 4) is 5.75 Å². The number of nitrogens with one attached hydrogen (secondary N) is 2. The lowest BCUT2D eigenvalue weighted by atomic mass is 9.83. The van der Waals surface area contributed by atoms with Gasteiger partial charge >= 0.3 is 0 Å². The van der Waals surface area contributed by atoms with Crippen LogP contribution in [0.5, 0.6) is 5.75 Å². The summed E-state index contributed by atoms with van der Waals surface area (Å²) in [5, 5.41) is 6.19. The summed E-state index contributed by atoms with van der Waals surface area (Å²) in [7, 11) is 5.68. The van der Waals surface area contributed by atoms with Gasteiger partial charge in [0, 0.05) is 37.1 Å². The van der Waals surface area contributed by atoms with Crippen LogP contribution in [0.3, 0.4) is 0 Å². The van der Waals surface area contributed by atoms with Gasteiger partial charge in [-0.05, 0) is 50.5 Å². The fourth-order valence-corrected chi connectivity index (χ4v) is 4.23. The third kappa shape index (κ3) is 5.13. The molecular formula is C26H25F3N6O2. The average Bonchev–Trinajstić information content (AvgIpc) is 2.85. The number of nitrogens with zero attached hydrogens (tertiary/aromatic N) is 4. The van der Waals surface area contributed by atoms with Crippen molar-refractivity contribution in [2.45, 2.75) is 24.7 Å². The standard InChI is InChI=1S/C26H25F3N6O2/c1-35(2)26(36-3)11-19(12-26)37-18-6-4-16(5-7-18)33-25-31-14-22(29)24(34-25)32-17-8-15-9-20(27)21(28)10-23(15)30-13-17/h4-10,13-14,19H,11-12H2,1-3H3,(H2,31,32,33,34). The van der Waals surface area contributed by atoms with Crippen LogP contribution in [0, 0.1) is 17.5 Å². The first-order chi connectivity index (χ1) is 17.7. The van der Waals surface area contributed by atoms with Crippen LogP contribution in [0.25, 0.3) is 10.9 Å². The van der Waals surface area contributed by atoms with Gasteiger partial charge in [0.05, 0.1) is 23.6 Å². The molecule has 1 aliphatic carbocycles. The molecule has 0 aliphatic heterocycles. The van der Waals surface area contributed by atoms with Gasteiger partial charge in [-0.1, -0.05) is 0 Å². The number of rotatable bonds is 8. The molecule has 0 atom stereocenters. The van der Waals surface area contributed by atoms with E-state index >= 15 is 0 Å². The highest BCUT2D eigenvalue weighted by Crippen LogP contribution is 2.39. The molecule has 1 saturated carbocycles. The van der Waals surface area contributed by atoms with Gasteiger partial charge < -0.3 is 20.1 Å². The molecule has 2 aromatic heterocycles. The van der Waals surface area contributed by atoms with E-state index in [1.165, 1.54) is 12.3 Å². The second kappa shape index (κ2) is 9.83. The molecule has 0 spiro atoms. The van der Waals surface area contributed by atoms with Crippen LogP contribution in [0.4, 0.5) is 36.3 Å². The Hall–Kier alpha value is -3.96.